The van der Waals surface area contributed by atoms with Gasteiger partial charge in [0, 0.05) is 19.3 Å². The molecule has 0 aliphatic carbocycles. The van der Waals surface area contributed by atoms with Crippen LogP contribution in [0, 0.1) is 0 Å². The van der Waals surface area contributed by atoms with Gasteiger partial charge in [-0.15, -0.1) is 0 Å². The van der Waals surface area contributed by atoms with Gasteiger partial charge in [0.25, 0.3) is 0 Å². The molecule has 0 unspecified atom stereocenters. The summed E-state index contributed by atoms with van der Waals surface area (Å²) in [4.78, 5) is 0. The van der Waals surface area contributed by atoms with Gasteiger partial charge in [-0.25, -0.2) is 0 Å². The first-order valence-corrected chi connectivity index (χ1v) is 4.12. The lowest BCUT2D eigenvalue weighted by Gasteiger charge is -2.19. The van der Waals surface area contributed by atoms with Crippen molar-refractivity contribution in [3.05, 3.63) is 24.3 Å². The Kier molecular flexibility index (Phi) is 1.60. The van der Waals surface area contributed by atoms with Crippen molar-refractivity contribution in [3.63, 3.8) is 0 Å². The van der Waals surface area contributed by atoms with E-state index >= 15 is 0 Å². The van der Waals surface area contributed by atoms with Crippen LogP contribution in [0.25, 0.3) is 0 Å². The molecule has 1 nitrogen and oxygen atoms in total. The minimum absolute atomic E-state index is 0.748. The fourth-order valence-corrected chi connectivity index (χ4v) is 1.78. The Bertz CT molecular complexity index is 170. The fourth-order valence-electron chi connectivity index (χ4n) is 1.78. The molecule has 0 spiro atoms. The number of nitrogens with two attached hydrogens (primary N) is 1. The molecule has 0 aromatic heterocycles. The molecule has 0 aromatic carbocycles. The minimum atomic E-state index is 0.748. The lowest BCUT2D eigenvalue weighted by atomic mass is 10.0. The maximum absolute atomic E-state index is 2.50. The quantitative estimate of drug-likeness (QED) is 0.470. The molecule has 2 atom stereocenters. The molecule has 54 valence electrons. The van der Waals surface area contributed by atoms with E-state index in [1.807, 2.05) is 0 Å². The third-order valence-electron chi connectivity index (χ3n) is 2.36. The second kappa shape index (κ2) is 2.59. The van der Waals surface area contributed by atoms with Gasteiger partial charge in [0.15, 0.2) is 0 Å². The highest BCUT2D eigenvalue weighted by Gasteiger charge is 2.20. The second-order valence-corrected chi connectivity index (χ2v) is 3.22. The summed E-state index contributed by atoms with van der Waals surface area (Å²) < 4.78 is 0. The van der Waals surface area contributed by atoms with Crippen LogP contribution >= 0.6 is 0 Å². The predicted octanol–water partition coefficient (Wildman–Crippen LogP) is 0.597. The van der Waals surface area contributed by atoms with E-state index in [2.05, 4.69) is 29.6 Å². The third-order valence-corrected chi connectivity index (χ3v) is 2.36. The van der Waals surface area contributed by atoms with E-state index in [1.54, 1.807) is 0 Å². The van der Waals surface area contributed by atoms with E-state index in [1.165, 1.54) is 19.3 Å². The van der Waals surface area contributed by atoms with Crippen molar-refractivity contribution in [2.75, 3.05) is 0 Å². The van der Waals surface area contributed by atoms with Crippen molar-refractivity contribution >= 4 is 0 Å². The minimum Gasteiger partial charge on any atom is -0.337 e. The summed E-state index contributed by atoms with van der Waals surface area (Å²) in [5, 5.41) is 2.50. The summed E-state index contributed by atoms with van der Waals surface area (Å²) in [6, 6.07) is 1.59. The number of hydrogen-bond acceptors (Lipinski definition) is 0. The molecule has 2 N–H and O–H groups in total. The van der Waals surface area contributed by atoms with Crippen LogP contribution in [0.5, 0.6) is 0 Å². The van der Waals surface area contributed by atoms with Crippen LogP contribution in [0.1, 0.15) is 19.3 Å². The Hall–Kier alpha value is -0.560. The summed E-state index contributed by atoms with van der Waals surface area (Å²) >= 11 is 0. The molecule has 10 heavy (non-hydrogen) atoms. The van der Waals surface area contributed by atoms with Gasteiger partial charge in [-0.2, -0.15) is 0 Å². The second-order valence-electron chi connectivity index (χ2n) is 3.22. The average molecular weight is 136 g/mol. The Morgan fingerprint density at radius 3 is 2.80 bits per heavy atom. The van der Waals surface area contributed by atoms with Gasteiger partial charge in [0.1, 0.15) is 6.04 Å². The zero-order valence-corrected chi connectivity index (χ0v) is 6.16. The average Bonchev–Trinajstić information content (AvgIpc) is 2.12. The van der Waals surface area contributed by atoms with Crippen LogP contribution < -0.4 is 5.32 Å². The summed E-state index contributed by atoms with van der Waals surface area (Å²) in [7, 11) is 0. The van der Waals surface area contributed by atoms with Crippen LogP contribution in [-0.2, 0) is 0 Å². The van der Waals surface area contributed by atoms with Gasteiger partial charge in [-0.05, 0) is 6.08 Å². The monoisotopic (exact) mass is 136 g/mol. The van der Waals surface area contributed by atoms with Gasteiger partial charge < -0.3 is 5.32 Å². The van der Waals surface area contributed by atoms with Crippen molar-refractivity contribution in [3.8, 4) is 0 Å². The highest BCUT2D eigenvalue weighted by molar-refractivity contribution is 5.01. The van der Waals surface area contributed by atoms with E-state index in [0.717, 1.165) is 12.1 Å². The highest BCUT2D eigenvalue weighted by atomic mass is 15.0. The van der Waals surface area contributed by atoms with Crippen molar-refractivity contribution in [1.29, 1.82) is 0 Å². The first-order valence-electron chi connectivity index (χ1n) is 4.12. The zero-order valence-electron chi connectivity index (χ0n) is 6.16. The molecule has 0 saturated carbocycles. The van der Waals surface area contributed by atoms with E-state index < -0.39 is 0 Å². The maximum Gasteiger partial charge on any atom is 0.108 e. The topological polar surface area (TPSA) is 16.6 Å². The summed E-state index contributed by atoms with van der Waals surface area (Å²) in [6.07, 6.45) is 13.1. The Labute approximate surface area is 61.8 Å². The van der Waals surface area contributed by atoms with E-state index in [4.69, 9.17) is 0 Å². The number of quaternary nitrogens is 1. The number of rotatable bonds is 0. The first kappa shape index (κ1) is 6.17. The fraction of sp³-hybridized carbons (Fsp3) is 0.556. The largest absolute Gasteiger partial charge is 0.337 e. The zero-order chi connectivity index (χ0) is 6.81. The van der Waals surface area contributed by atoms with Gasteiger partial charge in [-0.1, -0.05) is 18.2 Å². The molecule has 0 radical (unpaired) electrons. The van der Waals surface area contributed by atoms with E-state index in [9.17, 15) is 0 Å². The smallest absolute Gasteiger partial charge is 0.108 e. The lowest BCUT2D eigenvalue weighted by molar-refractivity contribution is -0.712. The molecule has 2 rings (SSSR count). The van der Waals surface area contributed by atoms with Gasteiger partial charge in [0.05, 0.1) is 6.04 Å². The molecular formula is C9H14N+. The molecule has 2 heterocycles. The molecule has 2 bridgehead atoms. The standard InChI is InChI=1S/C9H13N/c1-2-5-9-7-3-6-8(4-1)10-9/h1-3,6,8-10H,4-5,7H2/p+1/t8-,9+/m1/s1. The summed E-state index contributed by atoms with van der Waals surface area (Å²) in [6.45, 7) is 0. The van der Waals surface area contributed by atoms with Crippen molar-refractivity contribution in [2.45, 2.75) is 31.3 Å². The van der Waals surface area contributed by atoms with E-state index in [0.29, 0.717) is 0 Å². The molecule has 0 amide bonds. The van der Waals surface area contributed by atoms with Crippen LogP contribution in [-0.4, -0.2) is 12.1 Å². The molecule has 0 saturated heterocycles. The molecule has 2 aliphatic rings. The predicted molar refractivity (Wildman–Crippen MR) is 41.6 cm³/mol. The van der Waals surface area contributed by atoms with Crippen LogP contribution in [0.4, 0.5) is 0 Å². The molecular weight excluding hydrogens is 122 g/mol. The van der Waals surface area contributed by atoms with E-state index in [-0.39, 0.29) is 0 Å². The number of fused-ring (bicyclic) bond motifs is 2. The Morgan fingerprint density at radius 2 is 1.80 bits per heavy atom. The number of hydrogen-bond donors (Lipinski definition) is 1. The first-order chi connectivity index (χ1) is 4.95. The van der Waals surface area contributed by atoms with Gasteiger partial charge >= 0.3 is 0 Å². The SMILES string of the molecule is C1=CC[C@@H]2C=CC[C@H](C1)[NH2+]2. The molecule has 0 fully saturated rings. The van der Waals surface area contributed by atoms with Crippen molar-refractivity contribution in [1.82, 2.24) is 0 Å². The Balaban J connectivity index is 2.14. The van der Waals surface area contributed by atoms with Crippen molar-refractivity contribution < 1.29 is 5.32 Å². The van der Waals surface area contributed by atoms with Crippen molar-refractivity contribution in [2.24, 2.45) is 0 Å². The van der Waals surface area contributed by atoms with Crippen LogP contribution in [0.3, 0.4) is 0 Å². The summed E-state index contributed by atoms with van der Waals surface area (Å²) in [5.74, 6) is 0. The van der Waals surface area contributed by atoms with Gasteiger partial charge in [-0.3, -0.25) is 0 Å². The molecule has 1 heteroatoms. The van der Waals surface area contributed by atoms with Crippen LogP contribution in [0.15, 0.2) is 24.3 Å². The highest BCUT2D eigenvalue weighted by Crippen LogP contribution is 2.08. The van der Waals surface area contributed by atoms with Gasteiger partial charge in [0.2, 0.25) is 0 Å². The van der Waals surface area contributed by atoms with Crippen LogP contribution in [0.2, 0.25) is 0 Å². The molecule has 0 aromatic rings. The lowest BCUT2D eigenvalue weighted by Crippen LogP contribution is -2.95. The maximum atomic E-state index is 2.50. The third kappa shape index (κ3) is 1.14. The summed E-state index contributed by atoms with van der Waals surface area (Å²) in [5.41, 5.74) is 0. The molecule has 2 aliphatic heterocycles. The Morgan fingerprint density at radius 1 is 1.00 bits per heavy atom. The normalized spacial score (nSPS) is 37.6.